The molecule has 0 bridgehead atoms. The van der Waals surface area contributed by atoms with Crippen molar-refractivity contribution in [2.45, 2.75) is 6.42 Å². The number of nitrogens with two attached hydrogens (primary N) is 1. The predicted octanol–water partition coefficient (Wildman–Crippen LogP) is 2.73. The zero-order valence-corrected chi connectivity index (χ0v) is 9.00. The molecule has 74 valence electrons. The fraction of sp³-hybridized carbons (Fsp3) is 0.200. The molecule has 2 N–H and O–H groups in total. The van der Waals surface area contributed by atoms with E-state index in [1.54, 1.807) is 0 Å². The third-order valence-electron chi connectivity index (χ3n) is 1.55. The summed E-state index contributed by atoms with van der Waals surface area (Å²) in [6, 6.07) is 2.44. The number of hydrogen-bond donors (Lipinski definition) is 2. The van der Waals surface area contributed by atoms with Gasteiger partial charge in [0.15, 0.2) is 0 Å². The molecule has 14 heavy (non-hydrogen) atoms. The largest absolute Gasteiger partial charge is 0.397 e. The zero-order chi connectivity index (χ0) is 10.6. The van der Waals surface area contributed by atoms with Gasteiger partial charge in [-0.25, -0.2) is 4.39 Å². The Kier molecular flexibility index (Phi) is 4.12. The molecule has 0 atom stereocenters. The van der Waals surface area contributed by atoms with Gasteiger partial charge in [-0.3, -0.25) is 0 Å². The standard InChI is InChI=1S/C10H9ClFNS/c11-9-6-8(12)5-7(10(9)13)3-1-2-4-14/h5-6,14H,2,4,13H2. The molecule has 1 aromatic carbocycles. The summed E-state index contributed by atoms with van der Waals surface area (Å²) in [6.45, 7) is 0. The van der Waals surface area contributed by atoms with E-state index in [4.69, 9.17) is 17.3 Å². The van der Waals surface area contributed by atoms with Crippen LogP contribution in [-0.4, -0.2) is 5.75 Å². The van der Waals surface area contributed by atoms with E-state index in [1.165, 1.54) is 12.1 Å². The molecule has 0 aliphatic carbocycles. The lowest BCUT2D eigenvalue weighted by Crippen LogP contribution is -1.93. The van der Waals surface area contributed by atoms with Gasteiger partial charge in [0.1, 0.15) is 5.82 Å². The first-order chi connectivity index (χ1) is 6.65. The van der Waals surface area contributed by atoms with E-state index in [0.29, 0.717) is 23.4 Å². The second-order valence-corrected chi connectivity index (χ2v) is 3.48. The van der Waals surface area contributed by atoms with Crippen molar-refractivity contribution in [2.75, 3.05) is 11.5 Å². The molecule has 4 heteroatoms. The molecular formula is C10H9ClFNS. The molecule has 0 saturated carbocycles. The highest BCUT2D eigenvalue weighted by Gasteiger charge is 2.03. The van der Waals surface area contributed by atoms with Gasteiger partial charge in [0.2, 0.25) is 0 Å². The van der Waals surface area contributed by atoms with Crippen LogP contribution in [0.1, 0.15) is 12.0 Å². The second-order valence-electron chi connectivity index (χ2n) is 2.62. The van der Waals surface area contributed by atoms with Crippen LogP contribution in [0, 0.1) is 17.7 Å². The number of rotatable bonds is 1. The molecule has 1 aromatic rings. The highest BCUT2D eigenvalue weighted by molar-refractivity contribution is 7.80. The molecule has 0 spiro atoms. The van der Waals surface area contributed by atoms with Gasteiger partial charge in [-0.05, 0) is 12.1 Å². The maximum atomic E-state index is 12.9. The lowest BCUT2D eigenvalue weighted by atomic mass is 10.2. The lowest BCUT2D eigenvalue weighted by Gasteiger charge is -2.00. The molecule has 0 fully saturated rings. The van der Waals surface area contributed by atoms with Crippen LogP contribution < -0.4 is 5.73 Å². The Hall–Kier alpha value is -0.850. The first kappa shape index (κ1) is 11.2. The van der Waals surface area contributed by atoms with Crippen LogP contribution in [-0.2, 0) is 0 Å². The van der Waals surface area contributed by atoms with Gasteiger partial charge < -0.3 is 5.73 Å². The molecule has 0 amide bonds. The Morgan fingerprint density at radius 2 is 2.21 bits per heavy atom. The van der Waals surface area contributed by atoms with Crippen molar-refractivity contribution in [2.24, 2.45) is 0 Å². The van der Waals surface area contributed by atoms with Gasteiger partial charge in [-0.15, -0.1) is 0 Å². The Labute approximate surface area is 92.9 Å². The van der Waals surface area contributed by atoms with E-state index in [0.717, 1.165) is 0 Å². The smallest absolute Gasteiger partial charge is 0.126 e. The summed E-state index contributed by atoms with van der Waals surface area (Å²) in [5, 5.41) is 0.195. The van der Waals surface area contributed by atoms with Crippen LogP contribution in [0.5, 0.6) is 0 Å². The summed E-state index contributed by atoms with van der Waals surface area (Å²) in [7, 11) is 0. The third kappa shape index (κ3) is 2.83. The number of thiol groups is 1. The topological polar surface area (TPSA) is 26.0 Å². The van der Waals surface area contributed by atoms with Crippen molar-refractivity contribution in [3.8, 4) is 11.8 Å². The lowest BCUT2D eigenvalue weighted by molar-refractivity contribution is 0.628. The van der Waals surface area contributed by atoms with Crippen LogP contribution in [0.4, 0.5) is 10.1 Å². The number of nitrogen functional groups attached to an aromatic ring is 1. The molecule has 1 rings (SSSR count). The number of benzene rings is 1. The number of halogens is 2. The summed E-state index contributed by atoms with van der Waals surface area (Å²) < 4.78 is 12.9. The van der Waals surface area contributed by atoms with E-state index in [9.17, 15) is 4.39 Å². The van der Waals surface area contributed by atoms with Gasteiger partial charge in [-0.1, -0.05) is 23.4 Å². The Morgan fingerprint density at radius 3 is 2.86 bits per heavy atom. The average molecular weight is 230 g/mol. The first-order valence-electron chi connectivity index (χ1n) is 3.99. The second kappa shape index (κ2) is 5.14. The normalized spacial score (nSPS) is 9.36. The molecule has 0 aliphatic heterocycles. The highest BCUT2D eigenvalue weighted by atomic mass is 35.5. The van der Waals surface area contributed by atoms with E-state index < -0.39 is 5.82 Å². The van der Waals surface area contributed by atoms with Crippen LogP contribution in [0.3, 0.4) is 0 Å². The molecule has 0 radical (unpaired) electrons. The minimum absolute atomic E-state index is 0.195. The predicted molar refractivity (Wildman–Crippen MR) is 61.2 cm³/mol. The van der Waals surface area contributed by atoms with Crippen LogP contribution in [0.2, 0.25) is 5.02 Å². The fourth-order valence-electron chi connectivity index (χ4n) is 0.902. The summed E-state index contributed by atoms with van der Waals surface area (Å²) >= 11 is 9.68. The van der Waals surface area contributed by atoms with Crippen LogP contribution in [0.25, 0.3) is 0 Å². The van der Waals surface area contributed by atoms with Gasteiger partial charge >= 0.3 is 0 Å². The number of anilines is 1. The zero-order valence-electron chi connectivity index (χ0n) is 7.35. The molecule has 0 aliphatic rings. The van der Waals surface area contributed by atoms with E-state index in [-0.39, 0.29) is 5.02 Å². The summed E-state index contributed by atoms with van der Waals surface area (Å²) in [5.41, 5.74) is 6.36. The molecule has 0 aromatic heterocycles. The maximum absolute atomic E-state index is 12.9. The Balaban J connectivity index is 3.04. The number of hydrogen-bond acceptors (Lipinski definition) is 2. The molecule has 0 heterocycles. The molecular weight excluding hydrogens is 221 g/mol. The van der Waals surface area contributed by atoms with E-state index in [1.807, 2.05) is 0 Å². The van der Waals surface area contributed by atoms with Crippen molar-refractivity contribution in [3.05, 3.63) is 28.5 Å². The molecule has 1 nitrogen and oxygen atoms in total. The summed E-state index contributed by atoms with van der Waals surface area (Å²) in [6.07, 6.45) is 0.636. The van der Waals surface area contributed by atoms with Gasteiger partial charge in [0, 0.05) is 12.2 Å². The van der Waals surface area contributed by atoms with Crippen molar-refractivity contribution < 1.29 is 4.39 Å². The van der Waals surface area contributed by atoms with Crippen molar-refractivity contribution in [3.63, 3.8) is 0 Å². The fourth-order valence-corrected chi connectivity index (χ4v) is 1.22. The van der Waals surface area contributed by atoms with Crippen molar-refractivity contribution in [1.29, 1.82) is 0 Å². The Morgan fingerprint density at radius 1 is 1.50 bits per heavy atom. The van der Waals surface area contributed by atoms with Crippen molar-refractivity contribution in [1.82, 2.24) is 0 Å². The van der Waals surface area contributed by atoms with Crippen LogP contribution in [0.15, 0.2) is 12.1 Å². The van der Waals surface area contributed by atoms with E-state index >= 15 is 0 Å². The maximum Gasteiger partial charge on any atom is 0.126 e. The summed E-state index contributed by atoms with van der Waals surface area (Å²) in [5.74, 6) is 5.79. The minimum Gasteiger partial charge on any atom is -0.397 e. The SMILES string of the molecule is Nc1c(Cl)cc(F)cc1C#CCCS. The molecule has 0 unspecified atom stereocenters. The van der Waals surface area contributed by atoms with Crippen LogP contribution >= 0.6 is 24.2 Å². The van der Waals surface area contributed by atoms with Gasteiger partial charge in [0.05, 0.1) is 16.3 Å². The van der Waals surface area contributed by atoms with Gasteiger partial charge in [0.25, 0.3) is 0 Å². The molecule has 0 saturated heterocycles. The van der Waals surface area contributed by atoms with Crippen molar-refractivity contribution >= 4 is 29.9 Å². The highest BCUT2D eigenvalue weighted by Crippen LogP contribution is 2.23. The van der Waals surface area contributed by atoms with E-state index in [2.05, 4.69) is 24.5 Å². The monoisotopic (exact) mass is 229 g/mol. The Bertz CT molecular complexity index is 395. The third-order valence-corrected chi connectivity index (χ3v) is 2.09. The quantitative estimate of drug-likeness (QED) is 0.432. The minimum atomic E-state index is -0.431. The first-order valence-corrected chi connectivity index (χ1v) is 5.00. The average Bonchev–Trinajstić information content (AvgIpc) is 2.13. The van der Waals surface area contributed by atoms with Gasteiger partial charge in [-0.2, -0.15) is 12.6 Å². The summed E-state index contributed by atoms with van der Waals surface area (Å²) in [4.78, 5) is 0.